The molecule has 9 nitrogen and oxygen atoms in total. The zero-order valence-corrected chi connectivity index (χ0v) is 14.9. The number of nitrogens with zero attached hydrogens (tertiary/aromatic N) is 4. The molecule has 0 aliphatic carbocycles. The molecule has 0 atom stereocenters. The Kier molecular flexibility index (Phi) is 5.89. The molecule has 4 rings (SSSR count). The van der Waals surface area contributed by atoms with Crippen molar-refractivity contribution in [2.24, 2.45) is 0 Å². The molecule has 1 saturated heterocycles. The lowest BCUT2D eigenvalue weighted by Gasteiger charge is -2.36. The molecular weight excluding hydrogens is 372 g/mol. The van der Waals surface area contributed by atoms with Crippen molar-refractivity contribution in [1.29, 1.82) is 0 Å². The van der Waals surface area contributed by atoms with Gasteiger partial charge in [-0.05, 0) is 23.6 Å². The summed E-state index contributed by atoms with van der Waals surface area (Å²) in [6, 6.07) is 8.07. The summed E-state index contributed by atoms with van der Waals surface area (Å²) in [5, 5.41) is 20.9. The highest BCUT2D eigenvalue weighted by Crippen LogP contribution is 2.29. The number of thiophene rings is 1. The summed E-state index contributed by atoms with van der Waals surface area (Å²) >= 11 is 1.80. The molecule has 0 saturated carbocycles. The standard InChI is InChI=1S/C15H14N4OS.C2H2O4/c1-3-11(7-16-5-1)14-17-15(20-18-14)12-8-19(9-12)10-13-4-2-6-21-13;3-1(4)2(5)6/h1-7,12H,8-10H2;(H,3,4)(H,5,6). The van der Waals surface area contributed by atoms with Gasteiger partial charge in [0.25, 0.3) is 0 Å². The summed E-state index contributed by atoms with van der Waals surface area (Å²) in [6.07, 6.45) is 3.48. The zero-order chi connectivity index (χ0) is 19.2. The first-order valence-corrected chi connectivity index (χ1v) is 8.86. The number of pyridine rings is 1. The first-order valence-electron chi connectivity index (χ1n) is 7.98. The second-order valence-electron chi connectivity index (χ2n) is 5.78. The van der Waals surface area contributed by atoms with Crippen molar-refractivity contribution in [2.45, 2.75) is 12.5 Å². The lowest BCUT2D eigenvalue weighted by atomic mass is 10.0. The van der Waals surface area contributed by atoms with Crippen LogP contribution in [0.5, 0.6) is 0 Å². The van der Waals surface area contributed by atoms with Gasteiger partial charge in [0.2, 0.25) is 11.7 Å². The third kappa shape index (κ3) is 4.96. The number of aromatic nitrogens is 3. The number of rotatable bonds is 4. The monoisotopic (exact) mass is 388 g/mol. The summed E-state index contributed by atoms with van der Waals surface area (Å²) in [4.78, 5) is 30.6. The van der Waals surface area contributed by atoms with Gasteiger partial charge in [0.1, 0.15) is 0 Å². The van der Waals surface area contributed by atoms with Gasteiger partial charge in [-0.3, -0.25) is 9.88 Å². The Bertz CT molecular complexity index is 879. The van der Waals surface area contributed by atoms with E-state index in [-0.39, 0.29) is 0 Å². The van der Waals surface area contributed by atoms with Crippen molar-refractivity contribution in [3.05, 3.63) is 52.8 Å². The number of carbonyl (C=O) groups is 2. The summed E-state index contributed by atoms with van der Waals surface area (Å²) in [7, 11) is 0. The van der Waals surface area contributed by atoms with Crippen LogP contribution in [0.3, 0.4) is 0 Å². The van der Waals surface area contributed by atoms with Crippen LogP contribution in [0.2, 0.25) is 0 Å². The average Bonchev–Trinajstić information content (AvgIpc) is 3.31. The molecule has 10 heteroatoms. The maximum Gasteiger partial charge on any atom is 0.414 e. The smallest absolute Gasteiger partial charge is 0.414 e. The Morgan fingerprint density at radius 2 is 2.00 bits per heavy atom. The van der Waals surface area contributed by atoms with Crippen LogP contribution in [0.1, 0.15) is 16.7 Å². The molecule has 0 unspecified atom stereocenters. The molecule has 4 heterocycles. The van der Waals surface area contributed by atoms with Crippen LogP contribution < -0.4 is 0 Å². The second kappa shape index (κ2) is 8.52. The highest BCUT2D eigenvalue weighted by molar-refractivity contribution is 7.09. The molecule has 0 aromatic carbocycles. The molecule has 2 N–H and O–H groups in total. The number of aliphatic carboxylic acids is 2. The highest BCUT2D eigenvalue weighted by Gasteiger charge is 2.32. The first-order chi connectivity index (χ1) is 13.0. The maximum absolute atomic E-state index is 9.10. The van der Waals surface area contributed by atoms with Crippen LogP contribution in [-0.2, 0) is 16.1 Å². The molecule has 27 heavy (non-hydrogen) atoms. The predicted molar refractivity (Wildman–Crippen MR) is 95.1 cm³/mol. The van der Waals surface area contributed by atoms with E-state index in [1.807, 2.05) is 12.1 Å². The van der Waals surface area contributed by atoms with Gasteiger partial charge >= 0.3 is 11.9 Å². The van der Waals surface area contributed by atoms with Crippen LogP contribution >= 0.6 is 11.3 Å². The van der Waals surface area contributed by atoms with Crippen LogP contribution in [0.15, 0.2) is 46.6 Å². The lowest BCUT2D eigenvalue weighted by molar-refractivity contribution is -0.159. The largest absolute Gasteiger partial charge is 0.473 e. The van der Waals surface area contributed by atoms with Gasteiger partial charge in [-0.1, -0.05) is 11.2 Å². The third-order valence-electron chi connectivity index (χ3n) is 3.81. The molecule has 0 amide bonds. The molecule has 0 spiro atoms. The van der Waals surface area contributed by atoms with E-state index in [0.717, 1.165) is 31.1 Å². The van der Waals surface area contributed by atoms with Gasteiger partial charge in [-0.15, -0.1) is 11.3 Å². The minimum absolute atomic E-state index is 0.350. The van der Waals surface area contributed by atoms with Crippen molar-refractivity contribution < 1.29 is 24.3 Å². The summed E-state index contributed by atoms with van der Waals surface area (Å²) < 4.78 is 5.39. The Labute approximate surface area is 157 Å². The molecule has 3 aromatic heterocycles. The maximum atomic E-state index is 9.10. The fourth-order valence-corrected chi connectivity index (χ4v) is 3.24. The van der Waals surface area contributed by atoms with Crippen molar-refractivity contribution in [1.82, 2.24) is 20.0 Å². The quantitative estimate of drug-likeness (QED) is 0.644. The number of carboxylic acids is 2. The summed E-state index contributed by atoms with van der Waals surface area (Å²) in [5.41, 5.74) is 0.891. The molecule has 1 fully saturated rings. The van der Waals surface area contributed by atoms with Gasteiger partial charge in [0.15, 0.2) is 0 Å². The molecule has 1 aliphatic rings. The second-order valence-corrected chi connectivity index (χ2v) is 6.81. The normalized spacial score (nSPS) is 14.1. The van der Waals surface area contributed by atoms with Gasteiger partial charge in [0.05, 0.1) is 5.92 Å². The minimum atomic E-state index is -1.82. The zero-order valence-electron chi connectivity index (χ0n) is 14.1. The average molecular weight is 388 g/mol. The Balaban J connectivity index is 0.000000307. The number of carboxylic acid groups (broad SMARTS) is 2. The summed E-state index contributed by atoms with van der Waals surface area (Å²) in [5.74, 6) is -1.95. The number of hydrogen-bond acceptors (Lipinski definition) is 8. The van der Waals surface area contributed by atoms with Gasteiger partial charge < -0.3 is 14.7 Å². The topological polar surface area (TPSA) is 130 Å². The van der Waals surface area contributed by atoms with Crippen molar-refractivity contribution in [3.8, 4) is 11.4 Å². The molecule has 3 aromatic rings. The predicted octanol–water partition coefficient (Wildman–Crippen LogP) is 1.95. The van der Waals surface area contributed by atoms with Crippen LogP contribution in [0.25, 0.3) is 11.4 Å². The molecule has 0 radical (unpaired) electrons. The van der Waals surface area contributed by atoms with E-state index >= 15 is 0 Å². The van der Waals surface area contributed by atoms with E-state index in [4.69, 9.17) is 24.3 Å². The highest BCUT2D eigenvalue weighted by atomic mass is 32.1. The van der Waals surface area contributed by atoms with E-state index < -0.39 is 11.9 Å². The van der Waals surface area contributed by atoms with Crippen LogP contribution in [0, 0.1) is 0 Å². The minimum Gasteiger partial charge on any atom is -0.473 e. The van der Waals surface area contributed by atoms with Crippen molar-refractivity contribution in [2.75, 3.05) is 13.1 Å². The van der Waals surface area contributed by atoms with E-state index in [1.54, 1.807) is 23.7 Å². The van der Waals surface area contributed by atoms with Crippen LogP contribution in [-0.4, -0.2) is 55.3 Å². The fourth-order valence-electron chi connectivity index (χ4n) is 2.49. The lowest BCUT2D eigenvalue weighted by Crippen LogP contribution is -2.44. The Hall–Kier alpha value is -3.11. The van der Waals surface area contributed by atoms with E-state index in [0.29, 0.717) is 11.7 Å². The van der Waals surface area contributed by atoms with Gasteiger partial charge in [-0.2, -0.15) is 4.98 Å². The number of likely N-dealkylation sites (tertiary alicyclic amines) is 1. The van der Waals surface area contributed by atoms with Gasteiger partial charge in [-0.25, -0.2) is 9.59 Å². The Morgan fingerprint density at radius 1 is 1.22 bits per heavy atom. The van der Waals surface area contributed by atoms with Crippen LogP contribution in [0.4, 0.5) is 0 Å². The Morgan fingerprint density at radius 3 is 2.59 bits per heavy atom. The van der Waals surface area contributed by atoms with Crippen molar-refractivity contribution in [3.63, 3.8) is 0 Å². The number of hydrogen-bond donors (Lipinski definition) is 2. The summed E-state index contributed by atoms with van der Waals surface area (Å²) in [6.45, 7) is 2.97. The van der Waals surface area contributed by atoms with E-state index in [1.165, 1.54) is 4.88 Å². The third-order valence-corrected chi connectivity index (χ3v) is 4.67. The SMILES string of the molecule is O=C(O)C(=O)O.c1cncc(-c2noc(C3CN(Cc4cccs4)C3)n2)c1. The van der Waals surface area contributed by atoms with E-state index in [2.05, 4.69) is 37.5 Å². The first kappa shape index (κ1) is 18.7. The molecule has 0 bridgehead atoms. The van der Waals surface area contributed by atoms with E-state index in [9.17, 15) is 0 Å². The molecule has 1 aliphatic heterocycles. The molecular formula is C17H16N4O5S. The fraction of sp³-hybridized carbons (Fsp3) is 0.235. The van der Waals surface area contributed by atoms with Crippen molar-refractivity contribution >= 4 is 23.3 Å². The molecule has 140 valence electrons. The van der Waals surface area contributed by atoms with Gasteiger partial charge in [0, 0.05) is 42.5 Å².